The third-order valence-electron chi connectivity index (χ3n) is 4.96. The van der Waals surface area contributed by atoms with Crippen LogP contribution in [0.2, 0.25) is 20.1 Å². The Labute approximate surface area is 220 Å². The van der Waals surface area contributed by atoms with Crippen molar-refractivity contribution < 1.29 is 18.0 Å². The summed E-state index contributed by atoms with van der Waals surface area (Å²) in [5, 5.41) is 3.74. The Morgan fingerprint density at radius 3 is 2.18 bits per heavy atom. The molecule has 0 unspecified atom stereocenters. The van der Waals surface area contributed by atoms with Crippen LogP contribution in [0.1, 0.15) is 25.8 Å². The van der Waals surface area contributed by atoms with Gasteiger partial charge in [-0.2, -0.15) is 0 Å². The molecule has 186 valence electrons. The molecule has 0 fully saturated rings. The fourth-order valence-electron chi connectivity index (χ4n) is 3.11. The van der Waals surface area contributed by atoms with Crippen molar-refractivity contribution in [2.24, 2.45) is 0 Å². The Balaban J connectivity index is 2.46. The molecule has 1 atom stereocenters. The highest BCUT2D eigenvalue weighted by Crippen LogP contribution is 2.31. The molecule has 0 radical (unpaired) electrons. The van der Waals surface area contributed by atoms with Crippen molar-refractivity contribution >= 4 is 73.9 Å². The molecule has 0 bridgehead atoms. The second-order valence-electron chi connectivity index (χ2n) is 7.55. The van der Waals surface area contributed by atoms with Gasteiger partial charge in [-0.05, 0) is 43.7 Å². The van der Waals surface area contributed by atoms with Gasteiger partial charge in [0.2, 0.25) is 21.8 Å². The fraction of sp³-hybridized carbons (Fsp3) is 0.364. The molecule has 7 nitrogen and oxygen atoms in total. The van der Waals surface area contributed by atoms with Crippen molar-refractivity contribution in [1.29, 1.82) is 0 Å². The first kappa shape index (κ1) is 28.5. The number of halogens is 4. The number of carbonyl (C=O) groups excluding carboxylic acids is 2. The predicted octanol–water partition coefficient (Wildman–Crippen LogP) is 5.01. The van der Waals surface area contributed by atoms with Gasteiger partial charge in [-0.25, -0.2) is 8.42 Å². The smallest absolute Gasteiger partial charge is 0.244 e. The van der Waals surface area contributed by atoms with Crippen molar-refractivity contribution in [2.45, 2.75) is 32.9 Å². The SMILES string of the molecule is CCCNC(=O)[C@@H](C)N(Cc1c(Cl)cccc1Cl)C(=O)CN(c1ccc(Cl)cc1Cl)S(C)(=O)=O. The van der Waals surface area contributed by atoms with Crippen LogP contribution in [0, 0.1) is 0 Å². The maximum atomic E-state index is 13.5. The number of hydrogen-bond acceptors (Lipinski definition) is 4. The van der Waals surface area contributed by atoms with E-state index in [0.717, 1.165) is 10.6 Å². The van der Waals surface area contributed by atoms with Crippen molar-refractivity contribution in [1.82, 2.24) is 10.2 Å². The van der Waals surface area contributed by atoms with Gasteiger partial charge < -0.3 is 10.2 Å². The molecule has 0 spiro atoms. The van der Waals surface area contributed by atoms with Crippen LogP contribution in [0.25, 0.3) is 0 Å². The molecule has 12 heteroatoms. The monoisotopic (exact) mass is 567 g/mol. The molecule has 2 aromatic rings. The molecule has 0 aliphatic carbocycles. The number of hydrogen-bond donors (Lipinski definition) is 1. The van der Waals surface area contributed by atoms with Crippen LogP contribution in [0.15, 0.2) is 36.4 Å². The van der Waals surface area contributed by atoms with Gasteiger partial charge in [0.05, 0.1) is 17.0 Å². The van der Waals surface area contributed by atoms with E-state index >= 15 is 0 Å². The summed E-state index contributed by atoms with van der Waals surface area (Å²) in [7, 11) is -3.93. The van der Waals surface area contributed by atoms with Gasteiger partial charge in [-0.15, -0.1) is 0 Å². The minimum atomic E-state index is -3.93. The molecule has 0 saturated carbocycles. The third-order valence-corrected chi connectivity index (χ3v) is 7.34. The number of sulfonamides is 1. The summed E-state index contributed by atoms with van der Waals surface area (Å²) in [5.74, 6) is -1.04. The van der Waals surface area contributed by atoms with Gasteiger partial charge >= 0.3 is 0 Å². The van der Waals surface area contributed by atoms with Gasteiger partial charge in [-0.3, -0.25) is 13.9 Å². The lowest BCUT2D eigenvalue weighted by Gasteiger charge is -2.32. The van der Waals surface area contributed by atoms with E-state index in [-0.39, 0.29) is 17.3 Å². The highest BCUT2D eigenvalue weighted by molar-refractivity contribution is 7.92. The Hall–Kier alpha value is -1.71. The third kappa shape index (κ3) is 7.39. The normalized spacial score (nSPS) is 12.2. The standard InChI is InChI=1S/C22H25Cl4N3O4S/c1-4-10-27-22(31)14(2)28(12-16-17(24)6-5-7-18(16)25)21(30)13-29(34(3,32)33)20-9-8-15(23)11-19(20)26/h5-9,11,14H,4,10,12-13H2,1-3H3,(H,27,31)/t14-/m1/s1. The minimum absolute atomic E-state index is 0.0557. The van der Waals surface area contributed by atoms with Crippen LogP contribution in [0.4, 0.5) is 5.69 Å². The highest BCUT2D eigenvalue weighted by Gasteiger charge is 2.31. The molecular formula is C22H25Cl4N3O4S. The summed E-state index contributed by atoms with van der Waals surface area (Å²) in [6.07, 6.45) is 1.66. The van der Waals surface area contributed by atoms with Crippen LogP contribution >= 0.6 is 46.4 Å². The number of nitrogens with one attached hydrogen (secondary N) is 1. The van der Waals surface area contributed by atoms with E-state index in [0.29, 0.717) is 33.6 Å². The fourth-order valence-corrected chi connectivity index (χ4v) is 5.05. The minimum Gasteiger partial charge on any atom is -0.354 e. The largest absolute Gasteiger partial charge is 0.354 e. The molecule has 1 N–H and O–H groups in total. The molecule has 2 rings (SSSR count). The number of rotatable bonds is 10. The molecule has 0 aromatic heterocycles. The Kier molecular flexibility index (Phi) is 10.3. The number of nitrogens with zero attached hydrogens (tertiary/aromatic N) is 2. The van der Waals surface area contributed by atoms with Crippen LogP contribution < -0.4 is 9.62 Å². The summed E-state index contributed by atoms with van der Waals surface area (Å²) in [6, 6.07) is 8.20. The first-order valence-electron chi connectivity index (χ1n) is 10.3. The van der Waals surface area contributed by atoms with Crippen LogP contribution in [-0.2, 0) is 26.2 Å². The van der Waals surface area contributed by atoms with Gasteiger partial charge in [-0.1, -0.05) is 59.4 Å². The Morgan fingerprint density at radius 2 is 1.65 bits per heavy atom. The number of benzene rings is 2. The summed E-state index contributed by atoms with van der Waals surface area (Å²) in [4.78, 5) is 27.4. The molecule has 0 saturated heterocycles. The molecule has 0 aliphatic heterocycles. The van der Waals surface area contributed by atoms with Gasteiger partial charge in [0.15, 0.2) is 0 Å². The van der Waals surface area contributed by atoms with Gasteiger partial charge in [0, 0.05) is 33.7 Å². The second-order valence-corrected chi connectivity index (χ2v) is 11.1. The summed E-state index contributed by atoms with van der Waals surface area (Å²) in [6.45, 7) is 3.16. The molecule has 0 aliphatic rings. The first-order valence-corrected chi connectivity index (χ1v) is 13.7. The van der Waals surface area contributed by atoms with E-state index in [1.807, 2.05) is 6.92 Å². The number of carbonyl (C=O) groups is 2. The van der Waals surface area contributed by atoms with E-state index in [4.69, 9.17) is 46.4 Å². The van der Waals surface area contributed by atoms with Gasteiger partial charge in [0.25, 0.3) is 0 Å². The molecular weight excluding hydrogens is 544 g/mol. The average molecular weight is 569 g/mol. The van der Waals surface area contributed by atoms with E-state index in [9.17, 15) is 18.0 Å². The second kappa shape index (κ2) is 12.3. The predicted molar refractivity (Wildman–Crippen MR) is 138 cm³/mol. The van der Waals surface area contributed by atoms with Crippen molar-refractivity contribution in [3.05, 3.63) is 62.1 Å². The zero-order valence-electron chi connectivity index (χ0n) is 18.8. The van der Waals surface area contributed by atoms with E-state index in [1.54, 1.807) is 25.1 Å². The van der Waals surface area contributed by atoms with Gasteiger partial charge in [0.1, 0.15) is 12.6 Å². The van der Waals surface area contributed by atoms with Crippen molar-refractivity contribution in [2.75, 3.05) is 23.7 Å². The van der Waals surface area contributed by atoms with Crippen LogP contribution in [0.5, 0.6) is 0 Å². The first-order chi connectivity index (χ1) is 15.9. The lowest BCUT2D eigenvalue weighted by Crippen LogP contribution is -2.51. The van der Waals surface area contributed by atoms with Crippen LogP contribution in [-0.4, -0.2) is 50.5 Å². The lowest BCUT2D eigenvalue weighted by atomic mass is 10.1. The van der Waals surface area contributed by atoms with Crippen molar-refractivity contribution in [3.63, 3.8) is 0 Å². The summed E-state index contributed by atoms with van der Waals surface area (Å²) >= 11 is 24.7. The molecule has 2 aromatic carbocycles. The number of amides is 2. The zero-order valence-corrected chi connectivity index (χ0v) is 22.7. The van der Waals surface area contributed by atoms with Crippen LogP contribution in [0.3, 0.4) is 0 Å². The number of anilines is 1. The maximum absolute atomic E-state index is 13.5. The van der Waals surface area contributed by atoms with E-state index < -0.39 is 34.4 Å². The average Bonchev–Trinajstić information content (AvgIpc) is 2.74. The quantitative estimate of drug-likeness (QED) is 0.436. The Morgan fingerprint density at radius 1 is 1.03 bits per heavy atom. The molecule has 34 heavy (non-hydrogen) atoms. The topological polar surface area (TPSA) is 86.8 Å². The van der Waals surface area contributed by atoms with E-state index in [2.05, 4.69) is 5.32 Å². The Bertz CT molecular complexity index is 1140. The summed E-state index contributed by atoms with van der Waals surface area (Å²) < 4.78 is 26.0. The molecule has 0 heterocycles. The molecule has 2 amide bonds. The summed E-state index contributed by atoms with van der Waals surface area (Å²) in [5.41, 5.74) is 0.519. The lowest BCUT2D eigenvalue weighted by molar-refractivity contribution is -0.139. The maximum Gasteiger partial charge on any atom is 0.244 e. The highest BCUT2D eigenvalue weighted by atomic mass is 35.5. The van der Waals surface area contributed by atoms with E-state index in [1.165, 1.54) is 23.1 Å². The van der Waals surface area contributed by atoms with Crippen molar-refractivity contribution in [3.8, 4) is 0 Å². The zero-order chi connectivity index (χ0) is 25.6.